The maximum atomic E-state index is 12.9. The summed E-state index contributed by atoms with van der Waals surface area (Å²) in [5.41, 5.74) is 8.19. The molecule has 2 aromatic rings. The third-order valence-corrected chi connectivity index (χ3v) is 3.98. The van der Waals surface area contributed by atoms with Gasteiger partial charge in [-0.3, -0.25) is 0 Å². The molecule has 0 aliphatic heterocycles. The van der Waals surface area contributed by atoms with Crippen LogP contribution in [0.5, 0.6) is 5.75 Å². The summed E-state index contributed by atoms with van der Waals surface area (Å²) in [5, 5.41) is 9.98. The summed E-state index contributed by atoms with van der Waals surface area (Å²) in [4.78, 5) is 0. The van der Waals surface area contributed by atoms with E-state index in [1.165, 1.54) is 12.1 Å². The summed E-state index contributed by atoms with van der Waals surface area (Å²) in [6, 6.07) is 9.64. The zero-order valence-corrected chi connectivity index (χ0v) is 11.8. The molecular weight excluding hydrogens is 344 g/mol. The smallest absolute Gasteiger partial charge is 0.124 e. The van der Waals surface area contributed by atoms with Crippen molar-refractivity contribution in [3.63, 3.8) is 0 Å². The molecule has 0 bridgehead atoms. The van der Waals surface area contributed by atoms with Gasteiger partial charge in [-0.1, -0.05) is 18.2 Å². The van der Waals surface area contributed by atoms with Crippen molar-refractivity contribution in [2.45, 2.75) is 6.42 Å². The molecule has 0 spiro atoms. The Balaban J connectivity index is 2.55. The molecule has 94 valence electrons. The summed E-state index contributed by atoms with van der Waals surface area (Å²) in [7, 11) is 0. The zero-order chi connectivity index (χ0) is 13.1. The minimum absolute atomic E-state index is 0.201. The Kier molecular flexibility index (Phi) is 4.19. The molecule has 0 aliphatic carbocycles. The van der Waals surface area contributed by atoms with E-state index in [1.807, 2.05) is 6.07 Å². The van der Waals surface area contributed by atoms with Gasteiger partial charge in [-0.25, -0.2) is 4.39 Å². The Morgan fingerprint density at radius 2 is 1.78 bits per heavy atom. The fourth-order valence-corrected chi connectivity index (χ4v) is 2.89. The van der Waals surface area contributed by atoms with Gasteiger partial charge in [0, 0.05) is 9.13 Å². The second kappa shape index (κ2) is 5.67. The molecule has 0 fully saturated rings. The summed E-state index contributed by atoms with van der Waals surface area (Å²) in [6.07, 6.45) is 0.757. The van der Waals surface area contributed by atoms with E-state index < -0.39 is 0 Å². The standard InChI is InChI=1S/C14H13FINO/c15-11-4-1-9(2-5-11)13-12(18)6-3-10(7-8-17)14(13)16/h1-6,18H,7-8,17H2. The number of hydrogen-bond donors (Lipinski definition) is 2. The van der Waals surface area contributed by atoms with Gasteiger partial charge in [0.1, 0.15) is 11.6 Å². The molecular formula is C14H13FINO. The second-order valence-electron chi connectivity index (χ2n) is 3.98. The third-order valence-electron chi connectivity index (χ3n) is 2.75. The predicted molar refractivity (Wildman–Crippen MR) is 79.0 cm³/mol. The van der Waals surface area contributed by atoms with Crippen molar-refractivity contribution in [2.75, 3.05) is 6.54 Å². The molecule has 0 unspecified atom stereocenters. The predicted octanol–water partition coefficient (Wildman–Crippen LogP) is 3.30. The Bertz CT molecular complexity index is 554. The van der Waals surface area contributed by atoms with E-state index >= 15 is 0 Å². The van der Waals surface area contributed by atoms with E-state index in [1.54, 1.807) is 18.2 Å². The fourth-order valence-electron chi connectivity index (χ4n) is 1.85. The topological polar surface area (TPSA) is 46.2 Å². The van der Waals surface area contributed by atoms with Crippen molar-refractivity contribution in [1.82, 2.24) is 0 Å². The molecule has 0 aliphatic rings. The van der Waals surface area contributed by atoms with E-state index in [-0.39, 0.29) is 11.6 Å². The van der Waals surface area contributed by atoms with Crippen molar-refractivity contribution >= 4 is 22.6 Å². The first-order valence-corrected chi connectivity index (χ1v) is 6.67. The lowest BCUT2D eigenvalue weighted by molar-refractivity contribution is 0.476. The lowest BCUT2D eigenvalue weighted by Crippen LogP contribution is -2.04. The van der Waals surface area contributed by atoms with Gasteiger partial charge in [0.15, 0.2) is 0 Å². The van der Waals surface area contributed by atoms with Gasteiger partial charge in [0.2, 0.25) is 0 Å². The zero-order valence-electron chi connectivity index (χ0n) is 9.66. The monoisotopic (exact) mass is 357 g/mol. The molecule has 0 aromatic heterocycles. The van der Waals surface area contributed by atoms with E-state index in [0.29, 0.717) is 6.54 Å². The second-order valence-corrected chi connectivity index (χ2v) is 5.06. The third kappa shape index (κ3) is 2.64. The summed E-state index contributed by atoms with van der Waals surface area (Å²) in [6.45, 7) is 0.559. The van der Waals surface area contributed by atoms with E-state index in [0.717, 1.165) is 26.7 Å². The molecule has 0 heterocycles. The van der Waals surface area contributed by atoms with Crippen LogP contribution in [0.3, 0.4) is 0 Å². The van der Waals surface area contributed by atoms with Crippen molar-refractivity contribution in [2.24, 2.45) is 5.73 Å². The number of aromatic hydroxyl groups is 1. The van der Waals surface area contributed by atoms with Crippen molar-refractivity contribution < 1.29 is 9.50 Å². The SMILES string of the molecule is NCCc1ccc(O)c(-c2ccc(F)cc2)c1I. The van der Waals surface area contributed by atoms with Crippen LogP contribution in [0.1, 0.15) is 5.56 Å². The molecule has 2 nitrogen and oxygen atoms in total. The van der Waals surface area contributed by atoms with Crippen molar-refractivity contribution in [3.8, 4) is 16.9 Å². The molecule has 0 radical (unpaired) electrons. The van der Waals surface area contributed by atoms with Crippen LogP contribution in [0.15, 0.2) is 36.4 Å². The maximum Gasteiger partial charge on any atom is 0.124 e. The highest BCUT2D eigenvalue weighted by Crippen LogP contribution is 2.35. The van der Waals surface area contributed by atoms with Gasteiger partial charge in [-0.05, 0) is 64.9 Å². The molecule has 0 atom stereocenters. The van der Waals surface area contributed by atoms with Crippen LogP contribution in [0.4, 0.5) is 4.39 Å². The largest absolute Gasteiger partial charge is 0.507 e. The van der Waals surface area contributed by atoms with Crippen LogP contribution in [0.25, 0.3) is 11.1 Å². The lowest BCUT2D eigenvalue weighted by Gasteiger charge is -2.12. The van der Waals surface area contributed by atoms with Crippen LogP contribution in [0, 0.1) is 9.39 Å². The first-order valence-electron chi connectivity index (χ1n) is 5.60. The fraction of sp³-hybridized carbons (Fsp3) is 0.143. The number of benzene rings is 2. The minimum Gasteiger partial charge on any atom is -0.507 e. The highest BCUT2D eigenvalue weighted by Gasteiger charge is 2.12. The van der Waals surface area contributed by atoms with Crippen LogP contribution in [-0.4, -0.2) is 11.7 Å². The number of halogens is 2. The maximum absolute atomic E-state index is 12.9. The van der Waals surface area contributed by atoms with E-state index in [9.17, 15) is 9.50 Å². The molecule has 2 aromatic carbocycles. The highest BCUT2D eigenvalue weighted by atomic mass is 127. The Morgan fingerprint density at radius 3 is 2.39 bits per heavy atom. The first-order chi connectivity index (χ1) is 8.63. The first kappa shape index (κ1) is 13.3. The van der Waals surface area contributed by atoms with Crippen LogP contribution in [0.2, 0.25) is 0 Å². The van der Waals surface area contributed by atoms with Gasteiger partial charge in [-0.2, -0.15) is 0 Å². The summed E-state index contributed by atoms with van der Waals surface area (Å²) >= 11 is 2.19. The Morgan fingerprint density at radius 1 is 1.11 bits per heavy atom. The van der Waals surface area contributed by atoms with Gasteiger partial charge in [-0.15, -0.1) is 0 Å². The van der Waals surface area contributed by atoms with E-state index in [2.05, 4.69) is 22.6 Å². The number of hydrogen-bond acceptors (Lipinski definition) is 2. The lowest BCUT2D eigenvalue weighted by atomic mass is 10.0. The summed E-state index contributed by atoms with van der Waals surface area (Å²) < 4.78 is 13.9. The van der Waals surface area contributed by atoms with Crippen LogP contribution >= 0.6 is 22.6 Å². The molecule has 0 saturated heterocycles. The summed E-state index contributed by atoms with van der Waals surface area (Å²) in [5.74, 6) is -0.0851. The molecule has 3 N–H and O–H groups in total. The van der Waals surface area contributed by atoms with Gasteiger partial charge >= 0.3 is 0 Å². The number of phenolic OH excluding ortho intramolecular Hbond substituents is 1. The van der Waals surface area contributed by atoms with Crippen LogP contribution < -0.4 is 5.73 Å². The number of phenols is 1. The van der Waals surface area contributed by atoms with Gasteiger partial charge in [0.25, 0.3) is 0 Å². The Hall–Kier alpha value is -1.14. The molecule has 0 amide bonds. The van der Waals surface area contributed by atoms with Crippen molar-refractivity contribution in [1.29, 1.82) is 0 Å². The molecule has 4 heteroatoms. The number of nitrogens with two attached hydrogens (primary N) is 1. The quantitative estimate of drug-likeness (QED) is 0.828. The van der Waals surface area contributed by atoms with Crippen molar-refractivity contribution in [3.05, 3.63) is 51.3 Å². The molecule has 18 heavy (non-hydrogen) atoms. The van der Waals surface area contributed by atoms with E-state index in [4.69, 9.17) is 5.73 Å². The Labute approximate surface area is 119 Å². The average molecular weight is 357 g/mol. The van der Waals surface area contributed by atoms with Gasteiger partial charge in [0.05, 0.1) is 0 Å². The minimum atomic E-state index is -0.286. The molecule has 0 saturated carbocycles. The van der Waals surface area contributed by atoms with Crippen LogP contribution in [-0.2, 0) is 6.42 Å². The number of rotatable bonds is 3. The highest BCUT2D eigenvalue weighted by molar-refractivity contribution is 14.1. The average Bonchev–Trinajstić information content (AvgIpc) is 2.35. The molecule has 2 rings (SSSR count). The normalized spacial score (nSPS) is 10.6. The van der Waals surface area contributed by atoms with Gasteiger partial charge < -0.3 is 10.8 Å².